The number of nitrogens with zero attached hydrogens (tertiary/aromatic N) is 3. The van der Waals surface area contributed by atoms with Crippen LogP contribution in [0.2, 0.25) is 5.02 Å². The Kier molecular flexibility index (Phi) is 3.22. The summed E-state index contributed by atoms with van der Waals surface area (Å²) in [7, 11) is 0. The largest absolute Gasteiger partial charge is 0.391 e. The van der Waals surface area contributed by atoms with Crippen molar-refractivity contribution < 1.29 is 5.11 Å². The van der Waals surface area contributed by atoms with Crippen LogP contribution in [-0.2, 0) is 0 Å². The number of aliphatic hydroxyl groups is 1. The number of aliphatic hydroxyl groups excluding tert-OH is 1. The number of benzene rings is 1. The van der Waals surface area contributed by atoms with E-state index in [1.165, 1.54) is 6.33 Å². The first-order valence-electron chi connectivity index (χ1n) is 4.96. The lowest BCUT2D eigenvalue weighted by Crippen LogP contribution is -2.23. The van der Waals surface area contributed by atoms with Crippen LogP contribution in [0.4, 0.5) is 0 Å². The van der Waals surface area contributed by atoms with E-state index >= 15 is 0 Å². The molecule has 0 amide bonds. The second kappa shape index (κ2) is 4.63. The predicted molar refractivity (Wildman–Crippen MR) is 61.3 cm³/mol. The van der Waals surface area contributed by atoms with Gasteiger partial charge in [0.25, 0.3) is 0 Å². The van der Waals surface area contributed by atoms with Gasteiger partial charge in [-0.2, -0.15) is 5.10 Å². The number of halogens is 1. The molecule has 1 aromatic carbocycles. The van der Waals surface area contributed by atoms with Crippen LogP contribution in [0.25, 0.3) is 0 Å². The molecule has 0 aliphatic heterocycles. The lowest BCUT2D eigenvalue weighted by Gasteiger charge is -2.21. The van der Waals surface area contributed by atoms with Gasteiger partial charge < -0.3 is 5.11 Å². The van der Waals surface area contributed by atoms with Gasteiger partial charge >= 0.3 is 0 Å². The highest BCUT2D eigenvalue weighted by molar-refractivity contribution is 6.31. The van der Waals surface area contributed by atoms with E-state index in [1.54, 1.807) is 24.0 Å². The van der Waals surface area contributed by atoms with E-state index in [0.29, 0.717) is 5.02 Å². The predicted octanol–water partition coefficient (Wildman–Crippen LogP) is 1.90. The topological polar surface area (TPSA) is 50.9 Å². The van der Waals surface area contributed by atoms with Crippen LogP contribution in [0.15, 0.2) is 36.9 Å². The van der Waals surface area contributed by atoms with Crippen molar-refractivity contribution in [2.24, 2.45) is 0 Å². The Balaban J connectivity index is 2.45. The SMILES string of the molecule is CC(O)C(c1ccccc1Cl)n1cncn1. The summed E-state index contributed by atoms with van der Waals surface area (Å²) < 4.78 is 1.60. The highest BCUT2D eigenvalue weighted by atomic mass is 35.5. The van der Waals surface area contributed by atoms with E-state index in [4.69, 9.17) is 11.6 Å². The molecule has 0 spiro atoms. The highest BCUT2D eigenvalue weighted by Gasteiger charge is 2.22. The molecule has 1 heterocycles. The van der Waals surface area contributed by atoms with E-state index in [9.17, 15) is 5.11 Å². The summed E-state index contributed by atoms with van der Waals surface area (Å²) in [4.78, 5) is 3.88. The first kappa shape index (κ1) is 11.1. The molecule has 2 unspecified atom stereocenters. The third-order valence-corrected chi connectivity index (χ3v) is 2.75. The van der Waals surface area contributed by atoms with Crippen LogP contribution in [0, 0.1) is 0 Å². The van der Waals surface area contributed by atoms with Crippen molar-refractivity contribution in [1.29, 1.82) is 0 Å². The van der Waals surface area contributed by atoms with Crippen LogP contribution in [0.3, 0.4) is 0 Å². The van der Waals surface area contributed by atoms with Gasteiger partial charge in [0.2, 0.25) is 0 Å². The van der Waals surface area contributed by atoms with Gasteiger partial charge in [-0.05, 0) is 18.6 Å². The minimum Gasteiger partial charge on any atom is -0.391 e. The van der Waals surface area contributed by atoms with Crippen LogP contribution >= 0.6 is 11.6 Å². The third kappa shape index (κ3) is 2.08. The molecule has 0 radical (unpaired) electrons. The van der Waals surface area contributed by atoms with Crippen LogP contribution in [0.1, 0.15) is 18.5 Å². The third-order valence-electron chi connectivity index (χ3n) is 2.40. The quantitative estimate of drug-likeness (QED) is 0.887. The smallest absolute Gasteiger partial charge is 0.137 e. The first-order chi connectivity index (χ1) is 7.70. The molecule has 2 atom stereocenters. The van der Waals surface area contributed by atoms with Crippen molar-refractivity contribution in [3.05, 3.63) is 47.5 Å². The van der Waals surface area contributed by atoms with E-state index < -0.39 is 6.10 Å². The Bertz CT molecular complexity index is 456. The van der Waals surface area contributed by atoms with Crippen molar-refractivity contribution in [1.82, 2.24) is 14.8 Å². The fraction of sp³-hybridized carbons (Fsp3) is 0.273. The zero-order chi connectivity index (χ0) is 11.5. The molecule has 0 aliphatic carbocycles. The highest BCUT2D eigenvalue weighted by Crippen LogP contribution is 2.27. The van der Waals surface area contributed by atoms with Gasteiger partial charge in [0, 0.05) is 5.02 Å². The molecule has 84 valence electrons. The van der Waals surface area contributed by atoms with Crippen molar-refractivity contribution in [2.45, 2.75) is 19.1 Å². The Morgan fingerprint density at radius 3 is 2.69 bits per heavy atom. The molecule has 0 bridgehead atoms. The average Bonchev–Trinajstić information content (AvgIpc) is 2.74. The molecule has 5 heteroatoms. The molecule has 4 nitrogen and oxygen atoms in total. The average molecular weight is 238 g/mol. The minimum atomic E-state index is -0.596. The number of hydrogen-bond acceptors (Lipinski definition) is 3. The monoisotopic (exact) mass is 237 g/mol. The molecule has 0 saturated heterocycles. The second-order valence-electron chi connectivity index (χ2n) is 3.58. The maximum atomic E-state index is 9.81. The van der Waals surface area contributed by atoms with Crippen LogP contribution in [0.5, 0.6) is 0 Å². The lowest BCUT2D eigenvalue weighted by molar-refractivity contribution is 0.142. The van der Waals surface area contributed by atoms with Crippen molar-refractivity contribution in [3.8, 4) is 0 Å². The van der Waals surface area contributed by atoms with Gasteiger partial charge in [-0.15, -0.1) is 0 Å². The molecule has 1 N–H and O–H groups in total. The molecule has 0 saturated carbocycles. The van der Waals surface area contributed by atoms with E-state index in [-0.39, 0.29) is 6.04 Å². The summed E-state index contributed by atoms with van der Waals surface area (Å²) in [6.45, 7) is 1.70. The molecular weight excluding hydrogens is 226 g/mol. The minimum absolute atomic E-state index is 0.309. The standard InChI is InChI=1S/C11H12ClN3O/c1-8(16)11(15-7-13-6-14-15)9-4-2-3-5-10(9)12/h2-8,11,16H,1H3. The first-order valence-corrected chi connectivity index (χ1v) is 5.34. The normalized spacial score (nSPS) is 14.7. The fourth-order valence-corrected chi connectivity index (χ4v) is 1.95. The molecule has 2 rings (SSSR count). The summed E-state index contributed by atoms with van der Waals surface area (Å²) in [5.74, 6) is 0. The van der Waals surface area contributed by atoms with Gasteiger partial charge in [0.15, 0.2) is 0 Å². The number of rotatable bonds is 3. The number of aromatic nitrogens is 3. The van der Waals surface area contributed by atoms with E-state index in [0.717, 1.165) is 5.56 Å². The molecule has 2 aromatic rings. The van der Waals surface area contributed by atoms with Crippen LogP contribution < -0.4 is 0 Å². The summed E-state index contributed by atoms with van der Waals surface area (Å²) in [6.07, 6.45) is 2.41. The zero-order valence-corrected chi connectivity index (χ0v) is 9.54. The summed E-state index contributed by atoms with van der Waals surface area (Å²) >= 11 is 6.11. The maximum Gasteiger partial charge on any atom is 0.137 e. The molecule has 0 aliphatic rings. The molecule has 1 aromatic heterocycles. The Morgan fingerprint density at radius 2 is 2.12 bits per heavy atom. The van der Waals surface area contributed by atoms with E-state index in [2.05, 4.69) is 10.1 Å². The van der Waals surface area contributed by atoms with Gasteiger partial charge in [-0.3, -0.25) is 0 Å². The Morgan fingerprint density at radius 1 is 1.38 bits per heavy atom. The fourth-order valence-electron chi connectivity index (χ4n) is 1.70. The van der Waals surface area contributed by atoms with E-state index in [1.807, 2.05) is 18.2 Å². The van der Waals surface area contributed by atoms with Crippen molar-refractivity contribution >= 4 is 11.6 Å². The molecule has 0 fully saturated rings. The summed E-state index contributed by atoms with van der Waals surface area (Å²) in [6, 6.07) is 7.10. The molecular formula is C11H12ClN3O. The van der Waals surface area contributed by atoms with Gasteiger partial charge in [-0.1, -0.05) is 29.8 Å². The molecule has 16 heavy (non-hydrogen) atoms. The summed E-state index contributed by atoms with van der Waals surface area (Å²) in [5.41, 5.74) is 0.838. The van der Waals surface area contributed by atoms with Crippen molar-refractivity contribution in [2.75, 3.05) is 0 Å². The van der Waals surface area contributed by atoms with Gasteiger partial charge in [0.05, 0.1) is 6.10 Å². The Hall–Kier alpha value is -1.39. The van der Waals surface area contributed by atoms with Crippen LogP contribution in [-0.4, -0.2) is 26.0 Å². The summed E-state index contributed by atoms with van der Waals surface area (Å²) in [5, 5.41) is 14.5. The lowest BCUT2D eigenvalue weighted by atomic mass is 10.0. The van der Waals surface area contributed by atoms with Gasteiger partial charge in [-0.25, -0.2) is 9.67 Å². The maximum absolute atomic E-state index is 9.81. The zero-order valence-electron chi connectivity index (χ0n) is 8.79. The van der Waals surface area contributed by atoms with Gasteiger partial charge in [0.1, 0.15) is 18.7 Å². The second-order valence-corrected chi connectivity index (χ2v) is 3.99. The Labute approximate surface area is 98.5 Å². The van der Waals surface area contributed by atoms with Crippen molar-refractivity contribution in [3.63, 3.8) is 0 Å². The number of hydrogen-bond donors (Lipinski definition) is 1.